The van der Waals surface area contributed by atoms with Crippen LogP contribution in [0.4, 0.5) is 11.6 Å². The van der Waals surface area contributed by atoms with E-state index in [0.29, 0.717) is 12.4 Å². The molecule has 102 valence electrons. The van der Waals surface area contributed by atoms with Crippen LogP contribution < -0.4 is 16.6 Å². The topological polar surface area (TPSA) is 89.0 Å². The number of nitrogens with zero attached hydrogens (tertiary/aromatic N) is 2. The van der Waals surface area contributed by atoms with Crippen molar-refractivity contribution in [3.8, 4) is 0 Å². The van der Waals surface area contributed by atoms with Gasteiger partial charge in [0.1, 0.15) is 23.2 Å². The Bertz CT molecular complexity index is 524. The maximum absolute atomic E-state index is 5.49. The number of anilines is 2. The molecule has 0 bridgehead atoms. The van der Waals surface area contributed by atoms with Crippen LogP contribution in [-0.4, -0.2) is 9.97 Å². The van der Waals surface area contributed by atoms with Crippen LogP contribution in [0.5, 0.6) is 0 Å². The van der Waals surface area contributed by atoms with Gasteiger partial charge in [-0.25, -0.2) is 15.8 Å². The Morgan fingerprint density at radius 3 is 2.74 bits per heavy atom. The van der Waals surface area contributed by atoms with Gasteiger partial charge in [-0.3, -0.25) is 0 Å². The summed E-state index contributed by atoms with van der Waals surface area (Å²) in [6.07, 6.45) is 3.47. The molecule has 0 spiro atoms. The molecule has 0 aliphatic carbocycles. The van der Waals surface area contributed by atoms with Crippen LogP contribution >= 0.6 is 0 Å². The van der Waals surface area contributed by atoms with Crippen LogP contribution in [0.15, 0.2) is 22.8 Å². The first-order chi connectivity index (χ1) is 9.24. The Hall–Kier alpha value is -2.08. The highest BCUT2D eigenvalue weighted by atomic mass is 16.3. The lowest BCUT2D eigenvalue weighted by Crippen LogP contribution is -2.15. The van der Waals surface area contributed by atoms with Gasteiger partial charge in [0.05, 0.1) is 12.8 Å². The summed E-state index contributed by atoms with van der Waals surface area (Å²) in [6, 6.07) is 3.78. The van der Waals surface area contributed by atoms with E-state index in [2.05, 4.69) is 27.6 Å². The van der Waals surface area contributed by atoms with E-state index in [1.165, 1.54) is 0 Å². The molecule has 0 aliphatic heterocycles. The fraction of sp³-hybridized carbons (Fsp3) is 0.385. The highest BCUT2D eigenvalue weighted by Gasteiger charge is 2.10. The van der Waals surface area contributed by atoms with E-state index < -0.39 is 0 Å². The Morgan fingerprint density at radius 2 is 2.11 bits per heavy atom. The predicted molar refractivity (Wildman–Crippen MR) is 74.6 cm³/mol. The van der Waals surface area contributed by atoms with Crippen molar-refractivity contribution < 1.29 is 4.42 Å². The molecule has 0 aliphatic rings. The summed E-state index contributed by atoms with van der Waals surface area (Å²) in [7, 11) is 0. The molecular weight excluding hydrogens is 242 g/mol. The molecule has 0 fully saturated rings. The Morgan fingerprint density at radius 1 is 1.32 bits per heavy atom. The molecule has 6 nitrogen and oxygen atoms in total. The summed E-state index contributed by atoms with van der Waals surface area (Å²) >= 11 is 0. The smallest absolute Gasteiger partial charge is 0.148 e. The zero-order valence-corrected chi connectivity index (χ0v) is 11.2. The Kier molecular flexibility index (Phi) is 4.35. The molecule has 6 heteroatoms. The molecule has 2 heterocycles. The summed E-state index contributed by atoms with van der Waals surface area (Å²) in [5.41, 5.74) is 3.51. The number of nitrogen functional groups attached to an aromatic ring is 1. The molecule has 2 aromatic heterocycles. The molecule has 0 aromatic carbocycles. The second-order valence-corrected chi connectivity index (χ2v) is 4.29. The third-order valence-corrected chi connectivity index (χ3v) is 2.81. The van der Waals surface area contributed by atoms with Crippen LogP contribution in [0.1, 0.15) is 30.5 Å². The van der Waals surface area contributed by atoms with Crippen LogP contribution in [-0.2, 0) is 13.0 Å². The monoisotopic (exact) mass is 261 g/mol. The van der Waals surface area contributed by atoms with E-state index in [9.17, 15) is 0 Å². The van der Waals surface area contributed by atoms with E-state index in [4.69, 9.17) is 10.3 Å². The zero-order chi connectivity index (χ0) is 13.7. The van der Waals surface area contributed by atoms with E-state index >= 15 is 0 Å². The van der Waals surface area contributed by atoms with Crippen molar-refractivity contribution in [1.29, 1.82) is 0 Å². The highest BCUT2D eigenvalue weighted by molar-refractivity contribution is 5.56. The first-order valence-electron chi connectivity index (χ1n) is 6.35. The van der Waals surface area contributed by atoms with Gasteiger partial charge in [0.2, 0.25) is 0 Å². The van der Waals surface area contributed by atoms with Gasteiger partial charge >= 0.3 is 0 Å². The average molecular weight is 261 g/mol. The number of nitrogens with one attached hydrogen (secondary N) is 2. The fourth-order valence-electron chi connectivity index (χ4n) is 1.80. The lowest BCUT2D eigenvalue weighted by Gasteiger charge is -2.12. The minimum absolute atomic E-state index is 0.584. The molecule has 0 radical (unpaired) electrons. The standard InChI is InChI=1S/C13H19N5O/c1-3-5-11-16-12(9(2)13(17-11)18-14)15-8-10-6-4-7-19-10/h4,6-7H,3,5,8,14H2,1-2H3,(H2,15,16,17,18). The van der Waals surface area contributed by atoms with Crippen molar-refractivity contribution in [2.75, 3.05) is 10.7 Å². The van der Waals surface area contributed by atoms with E-state index in [0.717, 1.165) is 35.8 Å². The van der Waals surface area contributed by atoms with Gasteiger partial charge in [-0.15, -0.1) is 0 Å². The molecule has 0 saturated heterocycles. The summed E-state index contributed by atoms with van der Waals surface area (Å²) in [4.78, 5) is 8.89. The van der Waals surface area contributed by atoms with Crippen molar-refractivity contribution in [1.82, 2.24) is 9.97 Å². The number of hydrogen-bond donors (Lipinski definition) is 3. The SMILES string of the molecule is CCCc1nc(NN)c(C)c(NCc2ccco2)n1. The second-order valence-electron chi connectivity index (χ2n) is 4.29. The minimum atomic E-state index is 0.584. The molecule has 19 heavy (non-hydrogen) atoms. The highest BCUT2D eigenvalue weighted by Crippen LogP contribution is 2.20. The van der Waals surface area contributed by atoms with Gasteiger partial charge in [-0.1, -0.05) is 6.92 Å². The molecule has 2 aromatic rings. The fourth-order valence-corrected chi connectivity index (χ4v) is 1.80. The average Bonchev–Trinajstić information content (AvgIpc) is 2.92. The number of rotatable bonds is 6. The van der Waals surface area contributed by atoms with E-state index in [-0.39, 0.29) is 0 Å². The van der Waals surface area contributed by atoms with E-state index in [1.54, 1.807) is 6.26 Å². The van der Waals surface area contributed by atoms with Gasteiger partial charge in [-0.05, 0) is 25.5 Å². The number of hydrazine groups is 1. The lowest BCUT2D eigenvalue weighted by molar-refractivity contribution is 0.517. The first kappa shape index (κ1) is 13.4. The van der Waals surface area contributed by atoms with Gasteiger partial charge in [0.15, 0.2) is 0 Å². The van der Waals surface area contributed by atoms with Gasteiger partial charge < -0.3 is 15.2 Å². The van der Waals surface area contributed by atoms with Crippen LogP contribution in [0, 0.1) is 6.92 Å². The van der Waals surface area contributed by atoms with Crippen LogP contribution in [0.25, 0.3) is 0 Å². The summed E-state index contributed by atoms with van der Waals surface area (Å²) in [5.74, 6) is 8.56. The predicted octanol–water partition coefficient (Wildman–Crippen LogP) is 2.23. The normalized spacial score (nSPS) is 10.5. The van der Waals surface area contributed by atoms with Crippen molar-refractivity contribution in [3.05, 3.63) is 35.5 Å². The molecule has 4 N–H and O–H groups in total. The maximum Gasteiger partial charge on any atom is 0.148 e. The summed E-state index contributed by atoms with van der Waals surface area (Å²) in [6.45, 7) is 4.60. The van der Waals surface area contributed by atoms with E-state index in [1.807, 2.05) is 19.1 Å². The molecular formula is C13H19N5O. The largest absolute Gasteiger partial charge is 0.467 e. The quantitative estimate of drug-likeness (QED) is 0.546. The molecule has 0 atom stereocenters. The molecule has 0 saturated carbocycles. The number of hydrogen-bond acceptors (Lipinski definition) is 6. The lowest BCUT2D eigenvalue weighted by atomic mass is 10.2. The summed E-state index contributed by atoms with van der Waals surface area (Å²) < 4.78 is 5.28. The van der Waals surface area contributed by atoms with Crippen LogP contribution in [0.2, 0.25) is 0 Å². The van der Waals surface area contributed by atoms with Gasteiger partial charge in [0.25, 0.3) is 0 Å². The van der Waals surface area contributed by atoms with Crippen molar-refractivity contribution in [2.45, 2.75) is 33.2 Å². The summed E-state index contributed by atoms with van der Waals surface area (Å²) in [5, 5.41) is 3.25. The number of aryl methyl sites for hydroxylation is 1. The van der Waals surface area contributed by atoms with Crippen LogP contribution in [0.3, 0.4) is 0 Å². The number of furan rings is 1. The first-order valence-corrected chi connectivity index (χ1v) is 6.35. The Labute approximate surface area is 112 Å². The second kappa shape index (κ2) is 6.19. The number of nitrogens with two attached hydrogens (primary N) is 1. The maximum atomic E-state index is 5.49. The van der Waals surface area contributed by atoms with Gasteiger partial charge in [0, 0.05) is 12.0 Å². The molecule has 0 amide bonds. The van der Waals surface area contributed by atoms with Crippen molar-refractivity contribution in [2.24, 2.45) is 5.84 Å². The third-order valence-electron chi connectivity index (χ3n) is 2.81. The van der Waals surface area contributed by atoms with Gasteiger partial charge in [-0.2, -0.15) is 0 Å². The molecule has 0 unspecified atom stereocenters. The number of aromatic nitrogens is 2. The van der Waals surface area contributed by atoms with Crippen molar-refractivity contribution in [3.63, 3.8) is 0 Å². The zero-order valence-electron chi connectivity index (χ0n) is 11.2. The minimum Gasteiger partial charge on any atom is -0.467 e. The molecule has 2 rings (SSSR count). The Balaban J connectivity index is 2.19. The van der Waals surface area contributed by atoms with Crippen molar-refractivity contribution >= 4 is 11.6 Å². The third kappa shape index (κ3) is 3.23.